The fourth-order valence-electron chi connectivity index (χ4n) is 2.21. The molecule has 2 N–H and O–H groups in total. The Morgan fingerprint density at radius 3 is 2.95 bits per heavy atom. The van der Waals surface area contributed by atoms with Crippen molar-refractivity contribution in [1.29, 1.82) is 0 Å². The lowest BCUT2D eigenvalue weighted by Gasteiger charge is -2.23. The number of nitrogens with two attached hydrogens (primary N) is 1. The third-order valence-corrected chi connectivity index (χ3v) is 3.23. The van der Waals surface area contributed by atoms with E-state index in [1.165, 1.54) is 10.2 Å². The zero-order valence-corrected chi connectivity index (χ0v) is 11.8. The summed E-state index contributed by atoms with van der Waals surface area (Å²) in [4.78, 5) is 2.13. The van der Waals surface area contributed by atoms with Gasteiger partial charge >= 0.3 is 0 Å². The van der Waals surface area contributed by atoms with E-state index in [-0.39, 0.29) is 0 Å². The maximum atomic E-state index is 5.65. The third-order valence-electron chi connectivity index (χ3n) is 3.23. The number of benzene rings is 1. The number of hydrogen-bond acceptors (Lipinski definition) is 6. The fourth-order valence-corrected chi connectivity index (χ4v) is 2.21. The predicted molar refractivity (Wildman–Crippen MR) is 80.4 cm³/mol. The van der Waals surface area contributed by atoms with Crippen molar-refractivity contribution in [3.63, 3.8) is 0 Å². The van der Waals surface area contributed by atoms with Crippen LogP contribution in [-0.4, -0.2) is 38.3 Å². The summed E-state index contributed by atoms with van der Waals surface area (Å²) < 4.78 is 1.43. The molecule has 7 nitrogen and oxygen atoms in total. The van der Waals surface area contributed by atoms with Crippen molar-refractivity contribution in [1.82, 2.24) is 25.3 Å². The van der Waals surface area contributed by atoms with E-state index in [2.05, 4.69) is 50.6 Å². The third kappa shape index (κ3) is 2.82. The zero-order chi connectivity index (χ0) is 14.7. The van der Waals surface area contributed by atoms with Crippen LogP contribution >= 0.6 is 0 Å². The molecule has 0 bridgehead atoms. The lowest BCUT2D eigenvalue weighted by Crippen LogP contribution is -2.22. The van der Waals surface area contributed by atoms with Crippen LogP contribution in [0, 0.1) is 6.92 Å². The molecule has 0 amide bonds. The molecule has 2 heterocycles. The Bertz CT molecular complexity index is 737. The van der Waals surface area contributed by atoms with Gasteiger partial charge < -0.3 is 10.6 Å². The number of fused-ring (bicyclic) bond motifs is 1. The molecule has 0 spiro atoms. The van der Waals surface area contributed by atoms with Crippen LogP contribution in [-0.2, 0) is 0 Å². The Kier molecular flexibility index (Phi) is 3.74. The topological polar surface area (TPSA) is 85.2 Å². The van der Waals surface area contributed by atoms with E-state index >= 15 is 0 Å². The average Bonchev–Trinajstić information content (AvgIpc) is 2.95. The van der Waals surface area contributed by atoms with Gasteiger partial charge in [0, 0.05) is 12.2 Å². The second kappa shape index (κ2) is 5.84. The molecule has 0 aliphatic heterocycles. The molecule has 0 unspecified atom stereocenters. The normalized spacial score (nSPS) is 11.0. The molecular weight excluding hydrogens is 266 g/mol. The molecule has 0 saturated carbocycles. The lowest BCUT2D eigenvalue weighted by molar-refractivity contribution is 0.719. The molecule has 3 aromatic rings. The molecule has 0 aliphatic carbocycles. The van der Waals surface area contributed by atoms with Crippen LogP contribution in [0.4, 0.5) is 11.5 Å². The van der Waals surface area contributed by atoms with Gasteiger partial charge in [-0.15, -0.1) is 14.8 Å². The minimum Gasteiger partial charge on any atom is -0.330 e. The Labute approximate surface area is 122 Å². The Balaban J connectivity index is 2.01. The van der Waals surface area contributed by atoms with Crippen molar-refractivity contribution < 1.29 is 0 Å². The van der Waals surface area contributed by atoms with E-state index < -0.39 is 0 Å². The number of tetrazole rings is 1. The lowest BCUT2D eigenvalue weighted by atomic mass is 10.2. The van der Waals surface area contributed by atoms with Crippen molar-refractivity contribution >= 4 is 17.2 Å². The van der Waals surface area contributed by atoms with Crippen LogP contribution in [0.1, 0.15) is 12.0 Å². The van der Waals surface area contributed by atoms with Crippen molar-refractivity contribution in [3.05, 3.63) is 42.0 Å². The van der Waals surface area contributed by atoms with Crippen LogP contribution in [0.3, 0.4) is 0 Å². The summed E-state index contributed by atoms with van der Waals surface area (Å²) in [5.74, 6) is 0.800. The second-order valence-corrected chi connectivity index (χ2v) is 4.85. The summed E-state index contributed by atoms with van der Waals surface area (Å²) in [6.45, 7) is 3.50. The van der Waals surface area contributed by atoms with Crippen LogP contribution < -0.4 is 10.6 Å². The maximum absolute atomic E-state index is 5.65. The first-order chi connectivity index (χ1) is 10.3. The summed E-state index contributed by atoms with van der Waals surface area (Å²) >= 11 is 0. The first kappa shape index (κ1) is 13.4. The van der Waals surface area contributed by atoms with Gasteiger partial charge in [-0.2, -0.15) is 0 Å². The van der Waals surface area contributed by atoms with Gasteiger partial charge in [-0.25, -0.2) is 0 Å². The molecule has 0 aliphatic rings. The Hall–Kier alpha value is -2.54. The van der Waals surface area contributed by atoms with E-state index in [4.69, 9.17) is 5.73 Å². The number of anilines is 2. The second-order valence-electron chi connectivity index (χ2n) is 4.85. The van der Waals surface area contributed by atoms with Crippen LogP contribution in [0.15, 0.2) is 36.4 Å². The summed E-state index contributed by atoms with van der Waals surface area (Å²) in [6, 6.07) is 12.1. The molecule has 2 aromatic heterocycles. The van der Waals surface area contributed by atoms with E-state index in [1.807, 2.05) is 18.2 Å². The van der Waals surface area contributed by atoms with Gasteiger partial charge in [0.1, 0.15) is 0 Å². The summed E-state index contributed by atoms with van der Waals surface area (Å²) in [6.07, 6.45) is 0.878. The SMILES string of the molecule is Cc1cccc(N(CCCN)c2ccc3nnnn3n2)c1. The van der Waals surface area contributed by atoms with Gasteiger partial charge in [0.15, 0.2) is 11.5 Å². The quantitative estimate of drug-likeness (QED) is 0.760. The highest BCUT2D eigenvalue weighted by Gasteiger charge is 2.12. The van der Waals surface area contributed by atoms with Crippen LogP contribution in [0.5, 0.6) is 0 Å². The van der Waals surface area contributed by atoms with Crippen LogP contribution in [0.25, 0.3) is 5.65 Å². The van der Waals surface area contributed by atoms with Gasteiger partial charge in [-0.05, 0) is 60.1 Å². The van der Waals surface area contributed by atoms with Gasteiger partial charge in [-0.3, -0.25) is 0 Å². The van der Waals surface area contributed by atoms with E-state index in [1.54, 1.807) is 0 Å². The van der Waals surface area contributed by atoms with Gasteiger partial charge in [0.2, 0.25) is 0 Å². The number of nitrogens with zero attached hydrogens (tertiary/aromatic N) is 6. The largest absolute Gasteiger partial charge is 0.330 e. The molecule has 7 heteroatoms. The van der Waals surface area contributed by atoms with Crippen molar-refractivity contribution in [2.24, 2.45) is 5.73 Å². The van der Waals surface area contributed by atoms with Gasteiger partial charge in [0.25, 0.3) is 0 Å². The smallest absolute Gasteiger partial charge is 0.200 e. The summed E-state index contributed by atoms with van der Waals surface area (Å²) in [7, 11) is 0. The first-order valence-corrected chi connectivity index (χ1v) is 6.87. The van der Waals surface area contributed by atoms with Crippen molar-refractivity contribution in [2.75, 3.05) is 18.0 Å². The van der Waals surface area contributed by atoms with Crippen molar-refractivity contribution in [3.8, 4) is 0 Å². The summed E-state index contributed by atoms with van der Waals surface area (Å²) in [5.41, 5.74) is 8.57. The zero-order valence-electron chi connectivity index (χ0n) is 11.8. The maximum Gasteiger partial charge on any atom is 0.200 e. The highest BCUT2D eigenvalue weighted by molar-refractivity contribution is 5.61. The highest BCUT2D eigenvalue weighted by Crippen LogP contribution is 2.24. The molecule has 0 fully saturated rings. The molecule has 1 aromatic carbocycles. The molecular formula is C14H17N7. The first-order valence-electron chi connectivity index (χ1n) is 6.87. The van der Waals surface area contributed by atoms with E-state index in [9.17, 15) is 0 Å². The molecule has 0 atom stereocenters. The molecule has 21 heavy (non-hydrogen) atoms. The highest BCUT2D eigenvalue weighted by atomic mass is 15.6. The average molecular weight is 283 g/mol. The molecule has 3 rings (SSSR count). The molecule has 0 saturated heterocycles. The van der Waals surface area contributed by atoms with E-state index in [0.717, 1.165) is 24.5 Å². The fraction of sp³-hybridized carbons (Fsp3) is 0.286. The standard InChI is InChI=1S/C14H17N7/c1-11-4-2-5-12(10-11)20(9-3-8-15)14-7-6-13-16-18-19-21(13)17-14/h2,4-7,10H,3,8-9,15H2,1H3. The minimum absolute atomic E-state index is 0.627. The Morgan fingerprint density at radius 2 is 2.14 bits per heavy atom. The number of aromatic nitrogens is 5. The van der Waals surface area contributed by atoms with Crippen LogP contribution in [0.2, 0.25) is 0 Å². The monoisotopic (exact) mass is 283 g/mol. The molecule has 108 valence electrons. The minimum atomic E-state index is 0.627. The number of aryl methyl sites for hydroxylation is 1. The number of rotatable bonds is 5. The molecule has 0 radical (unpaired) electrons. The van der Waals surface area contributed by atoms with E-state index in [0.29, 0.717) is 12.2 Å². The van der Waals surface area contributed by atoms with Gasteiger partial charge in [-0.1, -0.05) is 12.1 Å². The predicted octanol–water partition coefficient (Wildman–Crippen LogP) is 1.31. The Morgan fingerprint density at radius 1 is 1.24 bits per heavy atom. The number of hydrogen-bond donors (Lipinski definition) is 1. The summed E-state index contributed by atoms with van der Waals surface area (Å²) in [5, 5.41) is 15.8. The van der Waals surface area contributed by atoms with Gasteiger partial charge in [0.05, 0.1) is 0 Å². The van der Waals surface area contributed by atoms with Crippen molar-refractivity contribution in [2.45, 2.75) is 13.3 Å².